The summed E-state index contributed by atoms with van der Waals surface area (Å²) in [7, 11) is 1.65. The summed E-state index contributed by atoms with van der Waals surface area (Å²) in [5, 5.41) is 2.84. The molecule has 0 bridgehead atoms. The molecule has 0 aromatic heterocycles. The van der Waals surface area contributed by atoms with Crippen LogP contribution in [0.25, 0.3) is 6.08 Å². The molecule has 0 radical (unpaired) electrons. The first-order valence-electron chi connectivity index (χ1n) is 7.64. The Kier molecular flexibility index (Phi) is 5.11. The smallest absolute Gasteiger partial charge is 0.275 e. The second-order valence-corrected chi connectivity index (χ2v) is 6.27. The van der Waals surface area contributed by atoms with Crippen molar-refractivity contribution in [3.63, 3.8) is 0 Å². The van der Waals surface area contributed by atoms with E-state index in [1.165, 1.54) is 0 Å². The molecule has 0 saturated heterocycles. The van der Waals surface area contributed by atoms with Gasteiger partial charge in [-0.1, -0.05) is 46.3 Å². The van der Waals surface area contributed by atoms with E-state index in [1.807, 2.05) is 48.5 Å². The lowest BCUT2D eigenvalue weighted by molar-refractivity contribution is -0.115. The Labute approximate surface area is 149 Å². The SMILES string of the molecule is COc1cccc(CCC2=N/C(=C\c3ccccc3Br)C(=O)N2)c1. The van der Waals surface area contributed by atoms with Crippen LogP contribution in [0.3, 0.4) is 0 Å². The molecule has 0 saturated carbocycles. The summed E-state index contributed by atoms with van der Waals surface area (Å²) >= 11 is 3.48. The Balaban J connectivity index is 1.71. The number of amides is 1. The molecule has 2 aromatic rings. The second-order valence-electron chi connectivity index (χ2n) is 5.42. The van der Waals surface area contributed by atoms with Gasteiger partial charge in [-0.3, -0.25) is 4.79 Å². The topological polar surface area (TPSA) is 50.7 Å². The average molecular weight is 385 g/mol. The highest BCUT2D eigenvalue weighted by Gasteiger charge is 2.19. The minimum absolute atomic E-state index is 0.161. The third kappa shape index (κ3) is 3.92. The number of nitrogens with zero attached hydrogens (tertiary/aromatic N) is 1. The Bertz CT molecular complexity index is 828. The molecule has 24 heavy (non-hydrogen) atoms. The zero-order chi connectivity index (χ0) is 16.9. The Hall–Kier alpha value is -2.40. The number of halogens is 1. The number of methoxy groups -OCH3 is 1. The zero-order valence-corrected chi connectivity index (χ0v) is 14.8. The number of hydrogen-bond acceptors (Lipinski definition) is 3. The van der Waals surface area contributed by atoms with Crippen LogP contribution in [0, 0.1) is 0 Å². The fourth-order valence-electron chi connectivity index (χ4n) is 2.47. The molecule has 2 aromatic carbocycles. The van der Waals surface area contributed by atoms with Crippen LogP contribution in [-0.2, 0) is 11.2 Å². The molecule has 0 atom stereocenters. The first kappa shape index (κ1) is 16.5. The van der Waals surface area contributed by atoms with Gasteiger partial charge in [-0.05, 0) is 41.8 Å². The van der Waals surface area contributed by atoms with E-state index in [0.717, 1.165) is 27.8 Å². The standard InChI is InChI=1S/C19H17BrN2O2/c1-24-15-7-4-5-13(11-15)9-10-18-21-17(19(23)22-18)12-14-6-2-3-8-16(14)20/h2-8,11-12H,9-10H2,1H3,(H,21,22,23)/b17-12-. The van der Waals surface area contributed by atoms with Crippen LogP contribution >= 0.6 is 15.9 Å². The van der Waals surface area contributed by atoms with Gasteiger partial charge in [-0.25, -0.2) is 4.99 Å². The van der Waals surface area contributed by atoms with Crippen molar-refractivity contribution in [2.45, 2.75) is 12.8 Å². The molecule has 1 aliphatic rings. The number of ether oxygens (including phenoxy) is 1. The van der Waals surface area contributed by atoms with Gasteiger partial charge in [0.25, 0.3) is 5.91 Å². The number of aliphatic imine (C=N–C) groups is 1. The van der Waals surface area contributed by atoms with Gasteiger partial charge in [0.2, 0.25) is 0 Å². The molecule has 0 aliphatic carbocycles. The van der Waals surface area contributed by atoms with E-state index in [0.29, 0.717) is 18.0 Å². The molecule has 1 heterocycles. The largest absolute Gasteiger partial charge is 0.497 e. The van der Waals surface area contributed by atoms with Crippen molar-refractivity contribution in [2.75, 3.05) is 7.11 Å². The van der Waals surface area contributed by atoms with Crippen LogP contribution in [0.1, 0.15) is 17.5 Å². The van der Waals surface area contributed by atoms with Crippen molar-refractivity contribution in [1.29, 1.82) is 0 Å². The van der Waals surface area contributed by atoms with Gasteiger partial charge in [0, 0.05) is 10.9 Å². The van der Waals surface area contributed by atoms with Crippen LogP contribution in [0.5, 0.6) is 5.75 Å². The molecule has 1 aliphatic heterocycles. The van der Waals surface area contributed by atoms with Crippen LogP contribution in [0.15, 0.2) is 63.7 Å². The number of benzene rings is 2. The number of nitrogens with one attached hydrogen (secondary N) is 1. The quantitative estimate of drug-likeness (QED) is 0.793. The number of amidine groups is 1. The lowest BCUT2D eigenvalue weighted by atomic mass is 10.1. The lowest BCUT2D eigenvalue weighted by Crippen LogP contribution is -2.24. The van der Waals surface area contributed by atoms with E-state index in [-0.39, 0.29) is 5.91 Å². The Morgan fingerprint density at radius 1 is 1.17 bits per heavy atom. The summed E-state index contributed by atoms with van der Waals surface area (Å²) in [6.07, 6.45) is 3.25. The van der Waals surface area contributed by atoms with Gasteiger partial charge in [-0.2, -0.15) is 0 Å². The molecule has 5 heteroatoms. The molecule has 4 nitrogen and oxygen atoms in total. The third-order valence-electron chi connectivity index (χ3n) is 3.73. The molecule has 122 valence electrons. The van der Waals surface area contributed by atoms with Gasteiger partial charge >= 0.3 is 0 Å². The number of hydrogen-bond donors (Lipinski definition) is 1. The second kappa shape index (κ2) is 7.45. The van der Waals surface area contributed by atoms with Crippen molar-refractivity contribution < 1.29 is 9.53 Å². The van der Waals surface area contributed by atoms with Crippen molar-refractivity contribution in [2.24, 2.45) is 4.99 Å². The summed E-state index contributed by atoms with van der Waals surface area (Å²) in [5.41, 5.74) is 2.51. The Morgan fingerprint density at radius 2 is 2.00 bits per heavy atom. The highest BCUT2D eigenvalue weighted by Crippen LogP contribution is 2.21. The molecular weight excluding hydrogens is 368 g/mol. The third-order valence-corrected chi connectivity index (χ3v) is 4.45. The van der Waals surface area contributed by atoms with Crippen LogP contribution < -0.4 is 10.1 Å². The highest BCUT2D eigenvalue weighted by molar-refractivity contribution is 9.10. The van der Waals surface area contributed by atoms with E-state index in [4.69, 9.17) is 4.74 Å². The van der Waals surface area contributed by atoms with Crippen LogP contribution in [-0.4, -0.2) is 18.9 Å². The summed E-state index contributed by atoms with van der Waals surface area (Å²) in [6.45, 7) is 0. The van der Waals surface area contributed by atoms with E-state index in [1.54, 1.807) is 13.2 Å². The highest BCUT2D eigenvalue weighted by atomic mass is 79.9. The minimum Gasteiger partial charge on any atom is -0.497 e. The number of rotatable bonds is 5. The van der Waals surface area contributed by atoms with Gasteiger partial charge in [0.1, 0.15) is 17.3 Å². The first-order chi connectivity index (χ1) is 11.7. The summed E-state index contributed by atoms with van der Waals surface area (Å²) in [4.78, 5) is 16.5. The van der Waals surface area contributed by atoms with E-state index in [2.05, 4.69) is 26.2 Å². The number of carbonyl (C=O) groups excluding carboxylic acids is 1. The van der Waals surface area contributed by atoms with Crippen LogP contribution in [0.4, 0.5) is 0 Å². The van der Waals surface area contributed by atoms with Gasteiger partial charge in [0.15, 0.2) is 0 Å². The predicted molar refractivity (Wildman–Crippen MR) is 99.0 cm³/mol. The molecule has 3 rings (SSSR count). The normalized spacial score (nSPS) is 15.3. The summed E-state index contributed by atoms with van der Waals surface area (Å²) in [6, 6.07) is 15.6. The van der Waals surface area contributed by atoms with Crippen LogP contribution in [0.2, 0.25) is 0 Å². The summed E-state index contributed by atoms with van der Waals surface area (Å²) < 4.78 is 6.16. The predicted octanol–water partition coefficient (Wildman–Crippen LogP) is 3.96. The zero-order valence-electron chi connectivity index (χ0n) is 13.3. The average Bonchev–Trinajstić information content (AvgIpc) is 2.95. The minimum atomic E-state index is -0.161. The molecule has 1 amide bonds. The van der Waals surface area contributed by atoms with Gasteiger partial charge < -0.3 is 10.1 Å². The fourth-order valence-corrected chi connectivity index (χ4v) is 2.86. The Morgan fingerprint density at radius 3 is 2.79 bits per heavy atom. The molecule has 1 N–H and O–H groups in total. The summed E-state index contributed by atoms with van der Waals surface area (Å²) in [5.74, 6) is 1.37. The molecule has 0 spiro atoms. The van der Waals surface area contributed by atoms with Crippen molar-refractivity contribution in [3.8, 4) is 5.75 Å². The molecule has 0 unspecified atom stereocenters. The first-order valence-corrected chi connectivity index (χ1v) is 8.43. The van der Waals surface area contributed by atoms with E-state index < -0.39 is 0 Å². The maximum Gasteiger partial charge on any atom is 0.275 e. The molecular formula is C19H17BrN2O2. The maximum atomic E-state index is 12.1. The lowest BCUT2D eigenvalue weighted by Gasteiger charge is -2.04. The van der Waals surface area contributed by atoms with Gasteiger partial charge in [0.05, 0.1) is 7.11 Å². The van der Waals surface area contributed by atoms with E-state index >= 15 is 0 Å². The molecule has 0 fully saturated rings. The number of aryl methyl sites for hydroxylation is 1. The van der Waals surface area contributed by atoms with E-state index in [9.17, 15) is 4.79 Å². The van der Waals surface area contributed by atoms with Gasteiger partial charge in [-0.15, -0.1) is 0 Å². The van der Waals surface area contributed by atoms with Crippen molar-refractivity contribution >= 4 is 33.7 Å². The number of carbonyl (C=O) groups is 1. The monoisotopic (exact) mass is 384 g/mol. The van der Waals surface area contributed by atoms with Crippen molar-refractivity contribution in [1.82, 2.24) is 5.32 Å². The maximum absolute atomic E-state index is 12.1. The van der Waals surface area contributed by atoms with Crippen molar-refractivity contribution in [3.05, 3.63) is 69.8 Å². The fraction of sp³-hybridized carbons (Fsp3) is 0.158.